The van der Waals surface area contributed by atoms with Crippen molar-refractivity contribution in [3.63, 3.8) is 0 Å². The minimum absolute atomic E-state index is 0.0353. The molecule has 0 aliphatic carbocycles. The van der Waals surface area contributed by atoms with Gasteiger partial charge in [-0.25, -0.2) is 9.03 Å². The van der Waals surface area contributed by atoms with Crippen LogP contribution in [0.15, 0.2) is 24.3 Å². The summed E-state index contributed by atoms with van der Waals surface area (Å²) in [6, 6.07) is 6.66. The van der Waals surface area contributed by atoms with E-state index in [-0.39, 0.29) is 23.9 Å². The molecule has 9 heteroatoms. The summed E-state index contributed by atoms with van der Waals surface area (Å²) in [5, 5.41) is 10.9. The van der Waals surface area contributed by atoms with Gasteiger partial charge in [0.25, 0.3) is 5.91 Å². The van der Waals surface area contributed by atoms with E-state index in [0.29, 0.717) is 24.1 Å². The highest BCUT2D eigenvalue weighted by Crippen LogP contribution is 2.35. The lowest BCUT2D eigenvalue weighted by Gasteiger charge is -2.17. The Morgan fingerprint density at radius 3 is 2.83 bits per heavy atom. The van der Waals surface area contributed by atoms with Crippen molar-refractivity contribution in [1.82, 2.24) is 9.71 Å². The summed E-state index contributed by atoms with van der Waals surface area (Å²) >= 11 is 0. The van der Waals surface area contributed by atoms with E-state index in [0.717, 1.165) is 16.4 Å². The van der Waals surface area contributed by atoms with Crippen molar-refractivity contribution in [1.29, 1.82) is 0 Å². The molecule has 1 aromatic carbocycles. The third kappa shape index (κ3) is 2.45. The molecule has 0 spiro atoms. The van der Waals surface area contributed by atoms with Gasteiger partial charge in [0, 0.05) is 23.6 Å². The van der Waals surface area contributed by atoms with Crippen LogP contribution in [0.2, 0.25) is 0 Å². The SMILES string of the molecule is O=C1CN(c2cc3nc(C4CCOC4)ccc3cc2O)S(=O)(=O)N1. The molecule has 2 aliphatic rings. The number of amides is 1. The molecule has 3 heterocycles. The number of benzene rings is 1. The second kappa shape index (κ2) is 5.32. The molecule has 2 saturated heterocycles. The summed E-state index contributed by atoms with van der Waals surface area (Å²) < 4.78 is 32.1. The van der Waals surface area contributed by atoms with Gasteiger partial charge in [-0.1, -0.05) is 6.07 Å². The molecular weight excluding hydrogens is 334 g/mol. The van der Waals surface area contributed by atoms with Crippen LogP contribution in [0.1, 0.15) is 18.0 Å². The number of pyridine rings is 1. The van der Waals surface area contributed by atoms with Gasteiger partial charge < -0.3 is 9.84 Å². The number of phenolic OH excluding ortho intramolecular Hbond substituents is 1. The topological polar surface area (TPSA) is 109 Å². The summed E-state index contributed by atoms with van der Waals surface area (Å²) in [6.45, 7) is 0.949. The Labute approximate surface area is 138 Å². The van der Waals surface area contributed by atoms with Gasteiger partial charge in [-0.05, 0) is 24.6 Å². The van der Waals surface area contributed by atoms with E-state index in [2.05, 4.69) is 4.98 Å². The fourth-order valence-corrected chi connectivity index (χ4v) is 4.17. The lowest BCUT2D eigenvalue weighted by Crippen LogP contribution is -2.29. The fourth-order valence-electron chi connectivity index (χ4n) is 3.02. The van der Waals surface area contributed by atoms with Crippen molar-refractivity contribution < 1.29 is 23.1 Å². The Bertz CT molecular complexity index is 938. The monoisotopic (exact) mass is 349 g/mol. The number of phenols is 1. The average Bonchev–Trinajstić information content (AvgIpc) is 3.13. The molecule has 1 unspecified atom stereocenters. The van der Waals surface area contributed by atoms with Crippen molar-refractivity contribution >= 4 is 32.7 Å². The van der Waals surface area contributed by atoms with Gasteiger partial charge >= 0.3 is 10.2 Å². The first-order valence-corrected chi connectivity index (χ1v) is 8.93. The maximum Gasteiger partial charge on any atom is 0.326 e. The van der Waals surface area contributed by atoms with Gasteiger partial charge in [-0.15, -0.1) is 0 Å². The quantitative estimate of drug-likeness (QED) is 0.823. The van der Waals surface area contributed by atoms with Crippen LogP contribution >= 0.6 is 0 Å². The molecule has 1 aromatic heterocycles. The molecule has 1 amide bonds. The fraction of sp³-hybridized carbons (Fsp3) is 0.333. The van der Waals surface area contributed by atoms with E-state index >= 15 is 0 Å². The van der Waals surface area contributed by atoms with E-state index in [1.54, 1.807) is 0 Å². The second-order valence-corrected chi connectivity index (χ2v) is 7.46. The van der Waals surface area contributed by atoms with Crippen LogP contribution < -0.4 is 9.03 Å². The molecule has 2 fully saturated rings. The third-order valence-corrected chi connectivity index (χ3v) is 5.64. The zero-order valence-electron chi connectivity index (χ0n) is 12.6. The van der Waals surface area contributed by atoms with Crippen LogP contribution in [0.4, 0.5) is 5.69 Å². The number of nitrogens with one attached hydrogen (secondary N) is 1. The molecule has 24 heavy (non-hydrogen) atoms. The van der Waals surface area contributed by atoms with Gasteiger partial charge in [0.15, 0.2) is 0 Å². The molecule has 1 atom stereocenters. The standard InChI is InChI=1S/C15H15N3O5S/c19-14-5-9-1-2-11(10-3-4-23-8-10)16-12(9)6-13(14)18-7-15(20)17-24(18,21)22/h1-2,5-6,10,19H,3-4,7-8H2,(H,17,20). The minimum Gasteiger partial charge on any atom is -0.506 e. The molecule has 0 saturated carbocycles. The smallest absolute Gasteiger partial charge is 0.326 e. The van der Waals surface area contributed by atoms with E-state index < -0.39 is 16.1 Å². The average molecular weight is 349 g/mol. The first kappa shape index (κ1) is 15.2. The van der Waals surface area contributed by atoms with Crippen LogP contribution in [0.3, 0.4) is 0 Å². The zero-order valence-corrected chi connectivity index (χ0v) is 13.4. The Morgan fingerprint density at radius 2 is 2.17 bits per heavy atom. The van der Waals surface area contributed by atoms with E-state index in [1.807, 2.05) is 16.9 Å². The second-order valence-electron chi connectivity index (χ2n) is 5.87. The molecule has 2 N–H and O–H groups in total. The highest BCUT2D eigenvalue weighted by atomic mass is 32.2. The summed E-state index contributed by atoms with van der Waals surface area (Å²) in [6.07, 6.45) is 0.891. The maximum absolute atomic E-state index is 12.0. The number of aromatic nitrogens is 1. The van der Waals surface area contributed by atoms with Gasteiger partial charge in [-0.3, -0.25) is 9.78 Å². The zero-order chi connectivity index (χ0) is 16.9. The number of fused-ring (bicyclic) bond motifs is 1. The number of aromatic hydroxyl groups is 1. The number of nitrogens with zero attached hydrogens (tertiary/aromatic N) is 2. The minimum atomic E-state index is -3.98. The predicted octanol–water partition coefficient (Wildman–Crippen LogP) is 0.625. The van der Waals surface area contributed by atoms with Gasteiger partial charge in [0.2, 0.25) is 0 Å². The Morgan fingerprint density at radius 1 is 1.33 bits per heavy atom. The van der Waals surface area contributed by atoms with Gasteiger partial charge in [-0.2, -0.15) is 8.42 Å². The summed E-state index contributed by atoms with van der Waals surface area (Å²) in [5.74, 6) is -0.647. The number of hydrogen-bond donors (Lipinski definition) is 2. The summed E-state index contributed by atoms with van der Waals surface area (Å²) in [4.78, 5) is 16.0. The first-order valence-electron chi connectivity index (χ1n) is 7.49. The van der Waals surface area contributed by atoms with Crippen molar-refractivity contribution in [2.24, 2.45) is 0 Å². The Kier molecular flexibility index (Phi) is 3.36. The van der Waals surface area contributed by atoms with Crippen LogP contribution in [0.5, 0.6) is 5.75 Å². The highest BCUT2D eigenvalue weighted by molar-refractivity contribution is 7.92. The van der Waals surface area contributed by atoms with E-state index in [1.165, 1.54) is 12.1 Å². The van der Waals surface area contributed by atoms with Crippen molar-refractivity contribution in [3.05, 3.63) is 30.0 Å². The lowest BCUT2D eigenvalue weighted by atomic mass is 10.0. The Hall–Kier alpha value is -2.39. The number of anilines is 1. The number of rotatable bonds is 2. The molecule has 2 aromatic rings. The normalized spacial score (nSPS) is 22.9. The first-order chi connectivity index (χ1) is 11.4. The van der Waals surface area contributed by atoms with Gasteiger partial charge in [0.05, 0.1) is 17.8 Å². The summed E-state index contributed by atoms with van der Waals surface area (Å²) in [7, 11) is -3.98. The molecular formula is C15H15N3O5S. The molecule has 4 rings (SSSR count). The number of hydrogen-bond acceptors (Lipinski definition) is 6. The molecule has 2 aliphatic heterocycles. The van der Waals surface area contributed by atoms with E-state index in [9.17, 15) is 18.3 Å². The third-order valence-electron chi connectivity index (χ3n) is 4.24. The van der Waals surface area contributed by atoms with Gasteiger partial charge in [0.1, 0.15) is 12.3 Å². The maximum atomic E-state index is 12.0. The van der Waals surface area contributed by atoms with Crippen LogP contribution in [0, 0.1) is 0 Å². The molecule has 8 nitrogen and oxygen atoms in total. The van der Waals surface area contributed by atoms with Crippen LogP contribution in [-0.2, 0) is 19.7 Å². The van der Waals surface area contributed by atoms with Crippen molar-refractivity contribution in [2.45, 2.75) is 12.3 Å². The molecule has 0 radical (unpaired) electrons. The highest BCUT2D eigenvalue weighted by Gasteiger charge is 2.35. The van der Waals surface area contributed by atoms with Crippen LogP contribution in [0.25, 0.3) is 10.9 Å². The van der Waals surface area contributed by atoms with E-state index in [4.69, 9.17) is 4.74 Å². The van der Waals surface area contributed by atoms with Crippen molar-refractivity contribution in [2.75, 3.05) is 24.1 Å². The van der Waals surface area contributed by atoms with Crippen molar-refractivity contribution in [3.8, 4) is 5.75 Å². The lowest BCUT2D eigenvalue weighted by molar-refractivity contribution is -0.117. The largest absolute Gasteiger partial charge is 0.506 e. The number of carbonyl (C=O) groups excluding carboxylic acids is 1. The Balaban J connectivity index is 1.81. The molecule has 0 bridgehead atoms. The van der Waals surface area contributed by atoms with Crippen LogP contribution in [-0.4, -0.2) is 44.2 Å². The predicted molar refractivity (Wildman–Crippen MR) is 86.0 cm³/mol. The number of ether oxygens (including phenoxy) is 1. The molecule has 126 valence electrons. The summed E-state index contributed by atoms with van der Waals surface area (Å²) in [5.41, 5.74) is 1.46. The number of carbonyl (C=O) groups is 1.